The van der Waals surface area contributed by atoms with Crippen LogP contribution in [-0.2, 0) is 18.3 Å². The summed E-state index contributed by atoms with van der Waals surface area (Å²) in [5.74, 6) is -0.497. The number of fused-ring (bicyclic) bond motifs is 1. The van der Waals surface area contributed by atoms with Gasteiger partial charge in [-0.2, -0.15) is 23.5 Å². The number of nitriles is 1. The first-order valence-corrected chi connectivity index (χ1v) is 14.0. The third kappa shape index (κ3) is 5.57. The first kappa shape index (κ1) is 28.8. The van der Waals surface area contributed by atoms with E-state index < -0.39 is 23.3 Å². The zero-order valence-corrected chi connectivity index (χ0v) is 23.8. The molecule has 6 rings (SSSR count). The van der Waals surface area contributed by atoms with Crippen molar-refractivity contribution in [3.63, 3.8) is 0 Å². The number of hydrogen-bond donors (Lipinski definition) is 1. The van der Waals surface area contributed by atoms with Gasteiger partial charge in [-0.25, -0.2) is 15.0 Å². The Morgan fingerprint density at radius 2 is 1.95 bits per heavy atom. The fourth-order valence-corrected chi connectivity index (χ4v) is 6.19. The number of nitrogens with one attached hydrogen (secondary N) is 1. The number of nitrogens with zero attached hydrogens (tertiary/aromatic N) is 9. The van der Waals surface area contributed by atoms with Crippen LogP contribution in [0.15, 0.2) is 43.1 Å². The molecule has 1 N–H and O–H groups in total. The van der Waals surface area contributed by atoms with Crippen LogP contribution < -0.4 is 0 Å². The highest BCUT2D eigenvalue weighted by Crippen LogP contribution is 2.45. The Morgan fingerprint density at radius 3 is 2.65 bits per heavy atom. The zero-order valence-electron chi connectivity index (χ0n) is 23.8. The smallest absolute Gasteiger partial charge is 0.346 e. The molecule has 0 bridgehead atoms. The summed E-state index contributed by atoms with van der Waals surface area (Å²) in [5.41, 5.74) is 1.05. The van der Waals surface area contributed by atoms with Crippen molar-refractivity contribution in [3.05, 3.63) is 60.1 Å². The van der Waals surface area contributed by atoms with Gasteiger partial charge in [-0.05, 0) is 50.7 Å². The number of halogens is 3. The predicted molar refractivity (Wildman–Crippen MR) is 150 cm³/mol. The van der Waals surface area contributed by atoms with E-state index in [0.717, 1.165) is 41.2 Å². The number of aromatic nitrogens is 6. The molecule has 4 aromatic heterocycles. The van der Waals surface area contributed by atoms with Crippen molar-refractivity contribution in [1.29, 1.82) is 5.26 Å². The number of carbonyl (C=O) groups is 1. The molecule has 1 amide bonds. The van der Waals surface area contributed by atoms with E-state index in [-0.39, 0.29) is 18.3 Å². The van der Waals surface area contributed by atoms with Crippen molar-refractivity contribution >= 4 is 16.9 Å². The fourth-order valence-electron chi connectivity index (χ4n) is 6.19. The highest BCUT2D eigenvalue weighted by Gasteiger charge is 2.49. The van der Waals surface area contributed by atoms with Gasteiger partial charge in [0.15, 0.2) is 0 Å². The van der Waals surface area contributed by atoms with Crippen LogP contribution in [0.3, 0.4) is 0 Å². The quantitative estimate of drug-likeness (QED) is 0.346. The molecule has 0 atom stereocenters. The maximum absolute atomic E-state index is 13.5. The fraction of sp³-hybridized carbons (Fsp3) is 0.448. The van der Waals surface area contributed by atoms with Gasteiger partial charge in [-0.3, -0.25) is 14.4 Å². The summed E-state index contributed by atoms with van der Waals surface area (Å²) < 4.78 is 42.4. The Bertz CT molecular complexity index is 1670. The normalized spacial score (nSPS) is 21.2. The number of pyridine rings is 1. The van der Waals surface area contributed by atoms with Gasteiger partial charge in [-0.15, -0.1) is 0 Å². The molecule has 224 valence electrons. The van der Waals surface area contributed by atoms with Gasteiger partial charge in [0.2, 0.25) is 0 Å². The number of alkyl halides is 3. The maximum Gasteiger partial charge on any atom is 0.433 e. The van der Waals surface area contributed by atoms with Crippen LogP contribution in [-0.4, -0.2) is 96.6 Å². The second-order valence-electron chi connectivity index (χ2n) is 11.6. The Labute approximate surface area is 245 Å². The van der Waals surface area contributed by atoms with E-state index in [0.29, 0.717) is 38.2 Å². The Kier molecular flexibility index (Phi) is 7.39. The average molecular weight is 593 g/mol. The molecular weight excluding hydrogens is 561 g/mol. The summed E-state index contributed by atoms with van der Waals surface area (Å²) in [5, 5.41) is 15.2. The molecule has 1 aliphatic heterocycles. The molecule has 1 saturated heterocycles. The summed E-state index contributed by atoms with van der Waals surface area (Å²) in [4.78, 5) is 34.3. The standard InChI is InChI=1S/C29H31F3N10O/c1-39(2)16-19-11-23(38-24(12-19)29(30,31)32)27(43)41-9-7-40(8-10-41)21-13-28(14-21,4-5-33)42-17-20(15-37-42)25-22-3-6-34-26(22)36-18-35-25/h3,6,11-12,15,17-18,21H,4,7-10,13-14,16H2,1-2H3,(H,34,35,36). The molecule has 1 saturated carbocycles. The lowest BCUT2D eigenvalue weighted by Crippen LogP contribution is -2.60. The molecule has 2 fully saturated rings. The molecule has 0 unspecified atom stereocenters. The van der Waals surface area contributed by atoms with Crippen LogP contribution in [0.4, 0.5) is 13.2 Å². The molecule has 0 spiro atoms. The molecule has 1 aliphatic carbocycles. The maximum atomic E-state index is 13.5. The Hall–Kier alpha value is -4.35. The molecule has 4 aromatic rings. The monoisotopic (exact) mass is 592 g/mol. The SMILES string of the molecule is CN(C)Cc1cc(C(=O)N2CCN(C3CC(CC#N)(n4cc(-c5ncnc6[nH]ccc56)cn4)C3)CC2)nc(C(F)(F)F)c1. The minimum atomic E-state index is -4.64. The molecule has 0 aromatic carbocycles. The second kappa shape index (κ2) is 11.1. The van der Waals surface area contributed by atoms with Crippen LogP contribution in [0.2, 0.25) is 0 Å². The molecule has 2 aliphatic rings. The van der Waals surface area contributed by atoms with E-state index >= 15 is 0 Å². The summed E-state index contributed by atoms with van der Waals surface area (Å²) in [6.07, 6.45) is 4.13. The van der Waals surface area contributed by atoms with Crippen LogP contribution in [0, 0.1) is 11.3 Å². The third-order valence-corrected chi connectivity index (χ3v) is 8.35. The molecule has 0 radical (unpaired) electrons. The van der Waals surface area contributed by atoms with Crippen molar-refractivity contribution in [2.75, 3.05) is 40.3 Å². The van der Waals surface area contributed by atoms with E-state index in [1.54, 1.807) is 30.1 Å². The summed E-state index contributed by atoms with van der Waals surface area (Å²) in [6.45, 7) is 2.19. The Morgan fingerprint density at radius 1 is 1.19 bits per heavy atom. The largest absolute Gasteiger partial charge is 0.433 e. The number of rotatable bonds is 7. The van der Waals surface area contributed by atoms with Gasteiger partial charge in [0.05, 0.1) is 29.9 Å². The van der Waals surface area contributed by atoms with Crippen LogP contribution in [0.25, 0.3) is 22.3 Å². The number of aromatic amines is 1. The van der Waals surface area contributed by atoms with E-state index in [4.69, 9.17) is 0 Å². The van der Waals surface area contributed by atoms with Crippen molar-refractivity contribution in [2.45, 2.75) is 43.6 Å². The minimum absolute atomic E-state index is 0.188. The van der Waals surface area contributed by atoms with Gasteiger partial charge in [0.1, 0.15) is 23.4 Å². The summed E-state index contributed by atoms with van der Waals surface area (Å²) >= 11 is 0. The summed E-state index contributed by atoms with van der Waals surface area (Å²) in [7, 11) is 3.51. The van der Waals surface area contributed by atoms with Crippen LogP contribution in [0.5, 0.6) is 0 Å². The Balaban J connectivity index is 1.12. The summed E-state index contributed by atoms with van der Waals surface area (Å²) in [6, 6.07) is 6.89. The predicted octanol–water partition coefficient (Wildman–Crippen LogP) is 3.53. The molecule has 43 heavy (non-hydrogen) atoms. The topological polar surface area (TPSA) is 123 Å². The van der Waals surface area contributed by atoms with Crippen molar-refractivity contribution in [3.8, 4) is 17.3 Å². The number of piperazine rings is 1. The zero-order chi connectivity index (χ0) is 30.4. The minimum Gasteiger partial charge on any atom is -0.346 e. The van der Waals surface area contributed by atoms with Crippen LogP contribution in [0.1, 0.15) is 41.0 Å². The van der Waals surface area contributed by atoms with Gasteiger partial charge in [0.25, 0.3) is 5.91 Å². The molecular formula is C29H31F3N10O. The lowest BCUT2D eigenvalue weighted by molar-refractivity contribution is -0.141. The van der Waals surface area contributed by atoms with Crippen molar-refractivity contribution in [2.24, 2.45) is 0 Å². The van der Waals surface area contributed by atoms with E-state index in [1.807, 2.05) is 23.1 Å². The van der Waals surface area contributed by atoms with Crippen molar-refractivity contribution < 1.29 is 18.0 Å². The van der Waals surface area contributed by atoms with Crippen LogP contribution >= 0.6 is 0 Å². The van der Waals surface area contributed by atoms with E-state index in [9.17, 15) is 23.2 Å². The lowest BCUT2D eigenvalue weighted by atomic mass is 9.70. The van der Waals surface area contributed by atoms with Gasteiger partial charge < -0.3 is 14.8 Å². The van der Waals surface area contributed by atoms with Gasteiger partial charge >= 0.3 is 6.18 Å². The molecule has 5 heterocycles. The number of amides is 1. The highest BCUT2D eigenvalue weighted by molar-refractivity contribution is 5.92. The third-order valence-electron chi connectivity index (χ3n) is 8.35. The number of H-pyrrole nitrogens is 1. The first-order chi connectivity index (χ1) is 20.6. The lowest BCUT2D eigenvalue weighted by Gasteiger charge is -2.52. The number of hydrogen-bond acceptors (Lipinski definition) is 8. The number of carbonyl (C=O) groups excluding carboxylic acids is 1. The molecule has 11 nitrogen and oxygen atoms in total. The molecule has 14 heteroatoms. The van der Waals surface area contributed by atoms with E-state index in [2.05, 4.69) is 36.0 Å². The highest BCUT2D eigenvalue weighted by atomic mass is 19.4. The van der Waals surface area contributed by atoms with E-state index in [1.165, 1.54) is 12.4 Å². The van der Waals surface area contributed by atoms with Gasteiger partial charge in [0, 0.05) is 62.1 Å². The average Bonchev–Trinajstić information content (AvgIpc) is 3.64. The second-order valence-corrected chi connectivity index (χ2v) is 11.6. The van der Waals surface area contributed by atoms with Gasteiger partial charge in [-0.1, -0.05) is 0 Å². The first-order valence-electron chi connectivity index (χ1n) is 14.0. The van der Waals surface area contributed by atoms with Crippen molar-refractivity contribution in [1.82, 2.24) is 44.4 Å².